The molecule has 0 saturated carbocycles. The summed E-state index contributed by atoms with van der Waals surface area (Å²) in [6.07, 6.45) is 36.6. The molecule has 0 heterocycles. The maximum Gasteiger partial charge on any atom is 0.268 e. The standard InChI is InChI=1S/C43H86NO6P/c1-6-8-10-12-14-16-18-20-22-24-26-28-30-32-34-36-41(45)40-43(50-51(47,48)49-39-38-44(3,4)5)42(46)37-35-33-31-29-27-25-23-21-19-17-15-13-11-9-7-2/h43H,6-40H2,1-5H3. The highest BCUT2D eigenvalue weighted by molar-refractivity contribution is 7.45. The first-order chi connectivity index (χ1) is 24.5. The third-order valence-corrected chi connectivity index (χ3v) is 11.1. The van der Waals surface area contributed by atoms with Gasteiger partial charge in [-0.3, -0.25) is 14.2 Å². The van der Waals surface area contributed by atoms with E-state index in [1.54, 1.807) is 0 Å². The Morgan fingerprint density at radius 3 is 1.18 bits per heavy atom. The number of ketones is 2. The number of hydrogen-bond donors (Lipinski definition) is 0. The molecule has 0 rings (SSSR count). The van der Waals surface area contributed by atoms with Crippen molar-refractivity contribution >= 4 is 19.4 Å². The molecule has 0 aromatic rings. The summed E-state index contributed by atoms with van der Waals surface area (Å²) in [6.45, 7) is 4.97. The van der Waals surface area contributed by atoms with Crippen LogP contribution in [-0.2, 0) is 23.2 Å². The largest absolute Gasteiger partial charge is 0.756 e. The van der Waals surface area contributed by atoms with E-state index >= 15 is 0 Å². The second-order valence-electron chi connectivity index (χ2n) is 16.5. The van der Waals surface area contributed by atoms with Gasteiger partial charge in [-0.15, -0.1) is 0 Å². The molecule has 304 valence electrons. The molecule has 0 aromatic carbocycles. The van der Waals surface area contributed by atoms with Crippen LogP contribution in [0.2, 0.25) is 0 Å². The fraction of sp³-hybridized carbons (Fsp3) is 0.953. The molecule has 0 aromatic heterocycles. The first-order valence-corrected chi connectivity index (χ1v) is 23.5. The smallest absolute Gasteiger partial charge is 0.268 e. The van der Waals surface area contributed by atoms with Crippen LogP contribution in [0, 0.1) is 0 Å². The molecule has 0 amide bonds. The number of phosphoric acid groups is 1. The lowest BCUT2D eigenvalue weighted by atomic mass is 9.99. The van der Waals surface area contributed by atoms with E-state index in [-0.39, 0.29) is 31.0 Å². The van der Waals surface area contributed by atoms with Crippen LogP contribution in [0.15, 0.2) is 0 Å². The van der Waals surface area contributed by atoms with Crippen LogP contribution in [0.1, 0.15) is 226 Å². The summed E-state index contributed by atoms with van der Waals surface area (Å²) >= 11 is 0. The summed E-state index contributed by atoms with van der Waals surface area (Å²) in [4.78, 5) is 38.7. The average Bonchev–Trinajstić information content (AvgIpc) is 3.07. The maximum atomic E-state index is 13.1. The first-order valence-electron chi connectivity index (χ1n) is 22.0. The number of unbranched alkanes of at least 4 members (excludes halogenated alkanes) is 28. The van der Waals surface area contributed by atoms with Crippen molar-refractivity contribution in [1.82, 2.24) is 0 Å². The predicted octanol–water partition coefficient (Wildman–Crippen LogP) is 12.6. The van der Waals surface area contributed by atoms with Gasteiger partial charge in [0.25, 0.3) is 7.82 Å². The third kappa shape index (κ3) is 37.5. The van der Waals surface area contributed by atoms with Crippen molar-refractivity contribution in [3.05, 3.63) is 0 Å². The van der Waals surface area contributed by atoms with E-state index in [2.05, 4.69) is 13.8 Å². The molecule has 8 heteroatoms. The van der Waals surface area contributed by atoms with Gasteiger partial charge in [0.1, 0.15) is 25.0 Å². The van der Waals surface area contributed by atoms with Crippen LogP contribution in [0.3, 0.4) is 0 Å². The second-order valence-corrected chi connectivity index (χ2v) is 17.9. The van der Waals surface area contributed by atoms with E-state index in [9.17, 15) is 19.0 Å². The molecule has 0 N–H and O–H groups in total. The van der Waals surface area contributed by atoms with Crippen LogP contribution >= 0.6 is 7.82 Å². The van der Waals surface area contributed by atoms with Crippen LogP contribution in [-0.4, -0.2) is 56.4 Å². The number of hydrogen-bond acceptors (Lipinski definition) is 6. The molecule has 0 saturated heterocycles. The molecular formula is C43H86NO6P. The SMILES string of the molecule is CCCCCCCCCCCCCCCCCC(=O)CC(OP(=O)([O-])OCC[N+](C)(C)C)C(=O)CCCCCCCCCCCCCCCCC. The number of quaternary nitrogens is 1. The quantitative estimate of drug-likeness (QED) is 0.0352. The van der Waals surface area contributed by atoms with Crippen molar-refractivity contribution in [2.75, 3.05) is 34.3 Å². The van der Waals surface area contributed by atoms with Gasteiger partial charge in [0, 0.05) is 19.3 Å². The highest BCUT2D eigenvalue weighted by atomic mass is 31.2. The van der Waals surface area contributed by atoms with Gasteiger partial charge in [-0.1, -0.05) is 194 Å². The average molecular weight is 744 g/mol. The Labute approximate surface area is 317 Å². The molecule has 0 fully saturated rings. The minimum Gasteiger partial charge on any atom is -0.756 e. The second kappa shape index (κ2) is 35.1. The summed E-state index contributed by atoms with van der Waals surface area (Å²) in [7, 11) is 1.12. The zero-order valence-corrected chi connectivity index (χ0v) is 35.6. The number of carbonyl (C=O) groups excluding carboxylic acids is 2. The van der Waals surface area contributed by atoms with Gasteiger partial charge < -0.3 is 18.4 Å². The summed E-state index contributed by atoms with van der Waals surface area (Å²) < 4.78 is 23.6. The molecule has 0 aliphatic heterocycles. The molecule has 51 heavy (non-hydrogen) atoms. The van der Waals surface area contributed by atoms with Crippen molar-refractivity contribution < 1.29 is 32.6 Å². The lowest BCUT2D eigenvalue weighted by Crippen LogP contribution is -2.38. The minimum atomic E-state index is -4.72. The Morgan fingerprint density at radius 1 is 0.529 bits per heavy atom. The van der Waals surface area contributed by atoms with Gasteiger partial charge in [0.2, 0.25) is 0 Å². The number of phosphoric ester groups is 1. The lowest BCUT2D eigenvalue weighted by molar-refractivity contribution is -0.870. The van der Waals surface area contributed by atoms with E-state index in [0.29, 0.717) is 23.9 Å². The normalized spacial score (nSPS) is 13.8. The van der Waals surface area contributed by atoms with Crippen LogP contribution in [0.25, 0.3) is 0 Å². The van der Waals surface area contributed by atoms with Gasteiger partial charge in [0.15, 0.2) is 5.78 Å². The van der Waals surface area contributed by atoms with E-state index in [1.807, 2.05) is 21.1 Å². The minimum absolute atomic E-state index is 0.0304. The molecule has 0 radical (unpaired) electrons. The molecule has 0 aliphatic rings. The topological polar surface area (TPSA) is 92.7 Å². The summed E-state index contributed by atoms with van der Waals surface area (Å²) in [5.74, 6) is -0.410. The van der Waals surface area contributed by atoms with Crippen molar-refractivity contribution in [1.29, 1.82) is 0 Å². The van der Waals surface area contributed by atoms with Crippen LogP contribution in [0.5, 0.6) is 0 Å². The van der Waals surface area contributed by atoms with Crippen LogP contribution < -0.4 is 4.89 Å². The van der Waals surface area contributed by atoms with Gasteiger partial charge in [-0.25, -0.2) is 0 Å². The zero-order chi connectivity index (χ0) is 37.9. The van der Waals surface area contributed by atoms with E-state index in [0.717, 1.165) is 32.1 Å². The van der Waals surface area contributed by atoms with Crippen molar-refractivity contribution in [2.24, 2.45) is 0 Å². The Bertz CT molecular complexity index is 845. The first kappa shape index (κ1) is 50.4. The third-order valence-electron chi connectivity index (χ3n) is 10.1. The fourth-order valence-electron chi connectivity index (χ4n) is 6.66. The van der Waals surface area contributed by atoms with Crippen molar-refractivity contribution in [3.8, 4) is 0 Å². The van der Waals surface area contributed by atoms with Gasteiger partial charge in [0.05, 0.1) is 21.1 Å². The monoisotopic (exact) mass is 744 g/mol. The Morgan fingerprint density at radius 2 is 0.843 bits per heavy atom. The van der Waals surface area contributed by atoms with Crippen LogP contribution in [0.4, 0.5) is 0 Å². The van der Waals surface area contributed by atoms with Gasteiger partial charge >= 0.3 is 0 Å². The Balaban J connectivity index is 4.33. The maximum absolute atomic E-state index is 13.1. The molecule has 7 nitrogen and oxygen atoms in total. The Hall–Kier alpha value is -0.590. The number of carbonyl (C=O) groups is 2. The van der Waals surface area contributed by atoms with E-state index < -0.39 is 13.9 Å². The molecule has 2 atom stereocenters. The Kier molecular flexibility index (Phi) is 34.7. The summed E-state index contributed by atoms with van der Waals surface area (Å²) in [5, 5.41) is 0. The highest BCUT2D eigenvalue weighted by Gasteiger charge is 2.27. The number of nitrogens with zero attached hydrogens (tertiary/aromatic N) is 1. The van der Waals surface area contributed by atoms with Crippen molar-refractivity contribution in [2.45, 2.75) is 232 Å². The lowest BCUT2D eigenvalue weighted by Gasteiger charge is -2.29. The predicted molar refractivity (Wildman–Crippen MR) is 215 cm³/mol. The highest BCUT2D eigenvalue weighted by Crippen LogP contribution is 2.41. The summed E-state index contributed by atoms with van der Waals surface area (Å²) in [5.41, 5.74) is 0. The number of rotatable bonds is 41. The van der Waals surface area contributed by atoms with Crippen molar-refractivity contribution in [3.63, 3.8) is 0 Å². The molecule has 0 aliphatic carbocycles. The van der Waals surface area contributed by atoms with Gasteiger partial charge in [-0.2, -0.15) is 0 Å². The van der Waals surface area contributed by atoms with E-state index in [1.165, 1.54) is 154 Å². The number of likely N-dealkylation sites (N-methyl/N-ethyl adjacent to an activating group) is 1. The molecule has 2 unspecified atom stereocenters. The fourth-order valence-corrected chi connectivity index (χ4v) is 7.53. The molecular weight excluding hydrogens is 657 g/mol. The van der Waals surface area contributed by atoms with Gasteiger partial charge in [-0.05, 0) is 12.8 Å². The number of Topliss-reactive ketones (excluding diaryl/α,β-unsaturated/α-hetero) is 2. The zero-order valence-electron chi connectivity index (χ0n) is 34.7. The summed E-state index contributed by atoms with van der Waals surface area (Å²) in [6, 6.07) is 0. The molecule has 0 bridgehead atoms. The van der Waals surface area contributed by atoms with E-state index in [4.69, 9.17) is 9.05 Å². The molecule has 0 spiro atoms.